The maximum absolute atomic E-state index is 12.5. The topological polar surface area (TPSA) is 38.1 Å². The van der Waals surface area contributed by atoms with Gasteiger partial charge in [-0.2, -0.15) is 0 Å². The quantitative estimate of drug-likeness (QED) is 0.717. The highest BCUT2D eigenvalue weighted by molar-refractivity contribution is 5.76. The van der Waals surface area contributed by atoms with Crippen LogP contribution in [0.1, 0.15) is 50.4 Å². The number of likely N-dealkylation sites (tertiary alicyclic amines) is 1. The molecule has 2 heterocycles. The van der Waals surface area contributed by atoms with Crippen LogP contribution in [0.4, 0.5) is 0 Å². The summed E-state index contributed by atoms with van der Waals surface area (Å²) in [5, 5.41) is 0. The molecule has 0 atom stereocenters. The first kappa shape index (κ1) is 18.7. The molecule has 1 aliphatic heterocycles. The van der Waals surface area contributed by atoms with Crippen LogP contribution in [0.15, 0.2) is 42.7 Å². The molecule has 1 fully saturated rings. The van der Waals surface area contributed by atoms with E-state index in [4.69, 9.17) is 0 Å². The Bertz CT molecular complexity index is 672. The van der Waals surface area contributed by atoms with Gasteiger partial charge in [0, 0.05) is 44.9 Å². The van der Waals surface area contributed by atoms with E-state index in [1.54, 1.807) is 0 Å². The first-order valence-corrected chi connectivity index (χ1v) is 10.1. The molecule has 3 rings (SSSR count). The first-order chi connectivity index (χ1) is 12.8. The second-order valence-corrected chi connectivity index (χ2v) is 7.39. The van der Waals surface area contributed by atoms with E-state index in [-0.39, 0.29) is 0 Å². The SMILES string of the molecule is CCCc1nccn1CCC1CCN(C(=O)CCc2ccccc2)CC1. The normalized spacial score (nSPS) is 15.3. The average molecular weight is 354 g/mol. The van der Waals surface area contributed by atoms with Gasteiger partial charge in [-0.05, 0) is 43.6 Å². The van der Waals surface area contributed by atoms with Gasteiger partial charge in [0.1, 0.15) is 5.82 Å². The highest BCUT2D eigenvalue weighted by Crippen LogP contribution is 2.22. The lowest BCUT2D eigenvalue weighted by Gasteiger charge is -2.32. The molecular formula is C22H31N3O. The third-order valence-electron chi connectivity index (χ3n) is 5.49. The van der Waals surface area contributed by atoms with Gasteiger partial charge in [0.2, 0.25) is 5.91 Å². The molecule has 0 spiro atoms. The molecule has 1 aromatic heterocycles. The lowest BCUT2D eigenvalue weighted by molar-refractivity contribution is -0.132. The predicted octanol–water partition coefficient (Wildman–Crippen LogP) is 4.10. The zero-order valence-electron chi connectivity index (χ0n) is 15.9. The molecule has 0 saturated carbocycles. The number of aryl methyl sites for hydroxylation is 3. The summed E-state index contributed by atoms with van der Waals surface area (Å²) in [6, 6.07) is 10.3. The summed E-state index contributed by atoms with van der Waals surface area (Å²) in [5.74, 6) is 2.25. The lowest BCUT2D eigenvalue weighted by Crippen LogP contribution is -2.38. The van der Waals surface area contributed by atoms with Gasteiger partial charge in [-0.1, -0.05) is 37.3 Å². The Labute approximate surface area is 157 Å². The second-order valence-electron chi connectivity index (χ2n) is 7.39. The maximum atomic E-state index is 12.5. The number of carbonyl (C=O) groups excluding carboxylic acids is 1. The van der Waals surface area contributed by atoms with Gasteiger partial charge < -0.3 is 9.47 Å². The van der Waals surface area contributed by atoms with Gasteiger partial charge in [0.15, 0.2) is 0 Å². The molecule has 0 aliphatic carbocycles. The summed E-state index contributed by atoms with van der Waals surface area (Å²) in [5.41, 5.74) is 1.25. The Hall–Kier alpha value is -2.10. The smallest absolute Gasteiger partial charge is 0.222 e. The number of aromatic nitrogens is 2. The van der Waals surface area contributed by atoms with Crippen LogP contribution < -0.4 is 0 Å². The molecule has 1 aromatic carbocycles. The number of amides is 1. The number of hydrogen-bond donors (Lipinski definition) is 0. The fourth-order valence-corrected chi connectivity index (χ4v) is 3.84. The van der Waals surface area contributed by atoms with Crippen molar-refractivity contribution in [3.8, 4) is 0 Å². The lowest BCUT2D eigenvalue weighted by atomic mass is 9.93. The van der Waals surface area contributed by atoms with Gasteiger partial charge in [-0.25, -0.2) is 4.98 Å². The van der Waals surface area contributed by atoms with Crippen LogP contribution in [0.3, 0.4) is 0 Å². The standard InChI is InChI=1S/C22H31N3O/c1-2-6-21-23-14-18-24(21)15-11-20-12-16-25(17-13-20)22(26)10-9-19-7-4-3-5-8-19/h3-5,7-8,14,18,20H,2,6,9-13,15-17H2,1H3. The summed E-state index contributed by atoms with van der Waals surface area (Å²) in [4.78, 5) is 19.0. The van der Waals surface area contributed by atoms with E-state index in [0.29, 0.717) is 12.3 Å². The van der Waals surface area contributed by atoms with Gasteiger partial charge in [-0.15, -0.1) is 0 Å². The molecular weight excluding hydrogens is 322 g/mol. The molecule has 1 aliphatic rings. The molecule has 2 aromatic rings. The van der Waals surface area contributed by atoms with Crippen LogP contribution >= 0.6 is 0 Å². The third kappa shape index (κ3) is 5.20. The van der Waals surface area contributed by atoms with Gasteiger partial charge in [-0.3, -0.25) is 4.79 Å². The minimum Gasteiger partial charge on any atom is -0.343 e. The van der Waals surface area contributed by atoms with E-state index in [1.807, 2.05) is 24.4 Å². The first-order valence-electron chi connectivity index (χ1n) is 10.1. The highest BCUT2D eigenvalue weighted by atomic mass is 16.2. The fourth-order valence-electron chi connectivity index (χ4n) is 3.84. The van der Waals surface area contributed by atoms with Crippen molar-refractivity contribution < 1.29 is 4.79 Å². The predicted molar refractivity (Wildman–Crippen MR) is 105 cm³/mol. The number of imidazole rings is 1. The number of hydrogen-bond acceptors (Lipinski definition) is 2. The van der Waals surface area contributed by atoms with Crippen LogP contribution in [0.2, 0.25) is 0 Å². The number of nitrogens with zero attached hydrogens (tertiary/aromatic N) is 3. The minimum absolute atomic E-state index is 0.312. The summed E-state index contributed by atoms with van der Waals surface area (Å²) in [7, 11) is 0. The van der Waals surface area contributed by atoms with Gasteiger partial charge in [0.05, 0.1) is 0 Å². The van der Waals surface area contributed by atoms with Crippen molar-refractivity contribution in [1.82, 2.24) is 14.5 Å². The summed E-state index contributed by atoms with van der Waals surface area (Å²) < 4.78 is 2.31. The summed E-state index contributed by atoms with van der Waals surface area (Å²) in [6.45, 7) is 5.10. The molecule has 0 bridgehead atoms. The largest absolute Gasteiger partial charge is 0.343 e. The van der Waals surface area contributed by atoms with Crippen LogP contribution in [0, 0.1) is 5.92 Å². The number of benzene rings is 1. The van der Waals surface area contributed by atoms with E-state index >= 15 is 0 Å². The molecule has 0 radical (unpaired) electrons. The molecule has 1 amide bonds. The number of rotatable bonds is 8. The van der Waals surface area contributed by atoms with E-state index in [9.17, 15) is 4.79 Å². The maximum Gasteiger partial charge on any atom is 0.222 e. The van der Waals surface area contributed by atoms with Crippen LogP contribution in [0.5, 0.6) is 0 Å². The zero-order chi connectivity index (χ0) is 18.2. The minimum atomic E-state index is 0.312. The summed E-state index contributed by atoms with van der Waals surface area (Å²) in [6.07, 6.45) is 11.2. The average Bonchev–Trinajstić information content (AvgIpc) is 3.13. The fraction of sp³-hybridized carbons (Fsp3) is 0.545. The van der Waals surface area contributed by atoms with Crippen molar-refractivity contribution in [2.24, 2.45) is 5.92 Å². The zero-order valence-corrected chi connectivity index (χ0v) is 15.9. The van der Waals surface area contributed by atoms with Crippen LogP contribution in [-0.4, -0.2) is 33.4 Å². The molecule has 4 heteroatoms. The van der Waals surface area contributed by atoms with Crippen molar-refractivity contribution in [1.29, 1.82) is 0 Å². The Morgan fingerprint density at radius 1 is 1.15 bits per heavy atom. The molecule has 0 N–H and O–H groups in total. The number of piperidine rings is 1. The second kappa shape index (κ2) is 9.56. The van der Waals surface area contributed by atoms with E-state index < -0.39 is 0 Å². The molecule has 140 valence electrons. The van der Waals surface area contributed by atoms with E-state index in [1.165, 1.54) is 17.8 Å². The van der Waals surface area contributed by atoms with Crippen LogP contribution in [-0.2, 0) is 24.2 Å². The van der Waals surface area contributed by atoms with Gasteiger partial charge in [0.25, 0.3) is 0 Å². The van der Waals surface area contributed by atoms with Crippen molar-refractivity contribution in [2.45, 2.75) is 58.4 Å². The van der Waals surface area contributed by atoms with E-state index in [0.717, 1.165) is 57.7 Å². The molecule has 0 unspecified atom stereocenters. The van der Waals surface area contributed by atoms with Crippen molar-refractivity contribution in [3.05, 3.63) is 54.1 Å². The summed E-state index contributed by atoms with van der Waals surface area (Å²) >= 11 is 0. The molecule has 4 nitrogen and oxygen atoms in total. The Morgan fingerprint density at radius 2 is 1.92 bits per heavy atom. The van der Waals surface area contributed by atoms with Crippen molar-refractivity contribution in [3.63, 3.8) is 0 Å². The molecule has 26 heavy (non-hydrogen) atoms. The molecule has 1 saturated heterocycles. The number of carbonyl (C=O) groups is 1. The Morgan fingerprint density at radius 3 is 2.65 bits per heavy atom. The Balaban J connectivity index is 1.38. The van der Waals surface area contributed by atoms with Crippen molar-refractivity contribution in [2.75, 3.05) is 13.1 Å². The van der Waals surface area contributed by atoms with Gasteiger partial charge >= 0.3 is 0 Å². The monoisotopic (exact) mass is 353 g/mol. The third-order valence-corrected chi connectivity index (χ3v) is 5.49. The van der Waals surface area contributed by atoms with Crippen LogP contribution in [0.25, 0.3) is 0 Å². The Kier molecular flexibility index (Phi) is 6.87. The highest BCUT2D eigenvalue weighted by Gasteiger charge is 2.22. The van der Waals surface area contributed by atoms with E-state index in [2.05, 4.69) is 39.7 Å². The van der Waals surface area contributed by atoms with Crippen molar-refractivity contribution >= 4 is 5.91 Å².